The van der Waals surface area contributed by atoms with Gasteiger partial charge in [-0.15, -0.1) is 0 Å². The van der Waals surface area contributed by atoms with Crippen molar-refractivity contribution in [1.82, 2.24) is 19.5 Å². The monoisotopic (exact) mass is 451 g/mol. The van der Waals surface area contributed by atoms with Gasteiger partial charge in [-0.2, -0.15) is 11.8 Å². The predicted molar refractivity (Wildman–Crippen MR) is 96.0 cm³/mol. The molecule has 0 bridgehead atoms. The number of aliphatic hydroxyl groups excluding tert-OH is 2. The molecule has 0 aliphatic carbocycles. The summed E-state index contributed by atoms with van der Waals surface area (Å²) in [5.41, 5.74) is 6.80. The number of hydrogen-bond donors (Lipinski definition) is 3. The maximum Gasteiger partial charge on any atom is 0.194 e. The van der Waals surface area contributed by atoms with Gasteiger partial charge in [0.25, 0.3) is 0 Å². The first-order valence-electron chi connectivity index (χ1n) is 7.27. The van der Waals surface area contributed by atoms with Crippen molar-refractivity contribution < 1.29 is 14.9 Å². The van der Waals surface area contributed by atoms with Crippen LogP contribution in [0.4, 0.5) is 5.82 Å². The third-order valence-corrected chi connectivity index (χ3v) is 5.41. The largest absolute Gasteiger partial charge is 0.387 e. The Hall–Kier alpha value is -0.690. The van der Waals surface area contributed by atoms with E-state index < -0.39 is 24.5 Å². The normalized spacial score (nSPS) is 27.8. The third kappa shape index (κ3) is 3.27. The van der Waals surface area contributed by atoms with Gasteiger partial charge in [0, 0.05) is 28.3 Å². The quantitative estimate of drug-likeness (QED) is 0.347. The third-order valence-electron chi connectivity index (χ3n) is 3.66. The van der Waals surface area contributed by atoms with E-state index in [-0.39, 0.29) is 5.82 Å². The zero-order valence-electron chi connectivity index (χ0n) is 12.5. The first-order valence-corrected chi connectivity index (χ1v) is 9.51. The molecule has 10 heteroatoms. The van der Waals surface area contributed by atoms with Crippen molar-refractivity contribution in [3.63, 3.8) is 0 Å². The predicted octanol–water partition coefficient (Wildman–Crippen LogP) is 0.775. The van der Waals surface area contributed by atoms with Gasteiger partial charge in [-0.05, 0) is 12.2 Å². The maximum atomic E-state index is 10.3. The second-order valence-electron chi connectivity index (χ2n) is 5.32. The molecule has 2 aromatic rings. The molecule has 3 heterocycles. The van der Waals surface area contributed by atoms with E-state index in [4.69, 9.17) is 10.5 Å². The van der Waals surface area contributed by atoms with Gasteiger partial charge in [0.15, 0.2) is 21.5 Å². The maximum absolute atomic E-state index is 10.3. The number of anilines is 1. The lowest BCUT2D eigenvalue weighted by Crippen LogP contribution is -2.32. The summed E-state index contributed by atoms with van der Waals surface area (Å²) in [6.45, 7) is 2.10. The Balaban J connectivity index is 1.87. The number of rotatable bonds is 5. The van der Waals surface area contributed by atoms with Crippen LogP contribution >= 0.6 is 34.4 Å². The van der Waals surface area contributed by atoms with Gasteiger partial charge in [-0.1, -0.05) is 6.92 Å². The van der Waals surface area contributed by atoms with Crippen molar-refractivity contribution >= 4 is 51.3 Å². The van der Waals surface area contributed by atoms with Crippen molar-refractivity contribution in [3.05, 3.63) is 10.2 Å². The molecule has 3 rings (SSSR count). The van der Waals surface area contributed by atoms with E-state index in [2.05, 4.69) is 21.9 Å². The lowest BCUT2D eigenvalue weighted by atomic mass is 10.1. The van der Waals surface area contributed by atoms with E-state index in [0.29, 0.717) is 20.7 Å². The minimum Gasteiger partial charge on any atom is -0.387 e. The molecule has 126 valence electrons. The Morgan fingerprint density at radius 3 is 2.91 bits per heavy atom. The summed E-state index contributed by atoms with van der Waals surface area (Å²) >= 11 is 3.66. The van der Waals surface area contributed by atoms with Gasteiger partial charge >= 0.3 is 0 Å². The van der Waals surface area contributed by atoms with Crippen molar-refractivity contribution in [2.24, 2.45) is 0 Å². The van der Waals surface area contributed by atoms with Gasteiger partial charge in [0.05, 0.1) is 12.4 Å². The second-order valence-corrected chi connectivity index (χ2v) is 7.44. The van der Waals surface area contributed by atoms with Crippen molar-refractivity contribution in [2.75, 3.05) is 17.2 Å². The summed E-state index contributed by atoms with van der Waals surface area (Å²) in [7, 11) is 0. The first-order chi connectivity index (χ1) is 11.0. The molecule has 0 aromatic carbocycles. The standard InChI is InChI=1S/C13H18IN5O3S/c1-2-3-23-4-6-8(20)9(21)12(22-6)19-5-16-7-10(15)17-13(14)18-11(7)19/h5-6,8-9,12,20-21H,2-4H2,1H3,(H2,15,17,18)/t6-,8?,9?,12-/m1/s1. The second kappa shape index (κ2) is 7.05. The number of nitrogens with two attached hydrogens (primary N) is 1. The van der Waals surface area contributed by atoms with E-state index >= 15 is 0 Å². The molecule has 1 saturated heterocycles. The molecule has 2 aromatic heterocycles. The van der Waals surface area contributed by atoms with Crippen LogP contribution < -0.4 is 5.73 Å². The zero-order valence-corrected chi connectivity index (χ0v) is 15.4. The molecule has 0 saturated carbocycles. The van der Waals surface area contributed by atoms with Crippen molar-refractivity contribution in [1.29, 1.82) is 0 Å². The Morgan fingerprint density at radius 2 is 2.17 bits per heavy atom. The van der Waals surface area contributed by atoms with Crippen LogP contribution in [0.2, 0.25) is 0 Å². The SMILES string of the molecule is CCCSC[C@H]1O[C@@H](n2cnc3c(N)nc(I)nc32)C(O)C1O. The Kier molecular flexibility index (Phi) is 5.26. The number of aromatic nitrogens is 4. The van der Waals surface area contributed by atoms with Crippen LogP contribution in [-0.4, -0.2) is 59.5 Å². The minimum atomic E-state index is -1.05. The van der Waals surface area contributed by atoms with Crippen LogP contribution in [0, 0.1) is 3.83 Å². The van der Waals surface area contributed by atoms with E-state index in [1.54, 1.807) is 16.3 Å². The summed E-state index contributed by atoms with van der Waals surface area (Å²) in [5.74, 6) is 1.90. The summed E-state index contributed by atoms with van der Waals surface area (Å²) in [5, 5.41) is 20.6. The Bertz CT molecular complexity index is 700. The van der Waals surface area contributed by atoms with E-state index in [1.807, 2.05) is 22.6 Å². The number of imidazole rings is 1. The number of ether oxygens (including phenoxy) is 1. The van der Waals surface area contributed by atoms with Crippen LogP contribution in [0.15, 0.2) is 6.33 Å². The lowest BCUT2D eigenvalue weighted by molar-refractivity contribution is -0.0289. The molecule has 1 fully saturated rings. The van der Waals surface area contributed by atoms with Crippen LogP contribution in [0.3, 0.4) is 0 Å². The number of nitrogens with zero attached hydrogens (tertiary/aromatic N) is 4. The molecule has 1 aliphatic heterocycles. The summed E-state index contributed by atoms with van der Waals surface area (Å²) in [4.78, 5) is 12.6. The van der Waals surface area contributed by atoms with Gasteiger partial charge in [0.1, 0.15) is 17.7 Å². The Labute approximate surface area is 151 Å². The number of halogens is 1. The number of nitrogen functional groups attached to an aromatic ring is 1. The molecule has 4 N–H and O–H groups in total. The molecule has 2 unspecified atom stereocenters. The number of hydrogen-bond acceptors (Lipinski definition) is 8. The van der Waals surface area contributed by atoms with Gasteiger partial charge in [-0.25, -0.2) is 15.0 Å². The zero-order chi connectivity index (χ0) is 16.6. The fourth-order valence-corrected chi connectivity index (χ4v) is 3.99. The number of fused-ring (bicyclic) bond motifs is 1. The molecule has 0 radical (unpaired) electrons. The van der Waals surface area contributed by atoms with Crippen LogP contribution in [-0.2, 0) is 4.74 Å². The average Bonchev–Trinajstić information content (AvgIpc) is 3.04. The van der Waals surface area contributed by atoms with Crippen molar-refractivity contribution in [2.45, 2.75) is 37.9 Å². The number of aliphatic hydroxyl groups is 2. The highest BCUT2D eigenvalue weighted by molar-refractivity contribution is 14.1. The fraction of sp³-hybridized carbons (Fsp3) is 0.615. The summed E-state index contributed by atoms with van der Waals surface area (Å²) < 4.78 is 7.95. The molecular weight excluding hydrogens is 433 g/mol. The molecule has 1 aliphatic rings. The minimum absolute atomic E-state index is 0.279. The molecule has 0 spiro atoms. The smallest absolute Gasteiger partial charge is 0.194 e. The molecule has 8 nitrogen and oxygen atoms in total. The van der Waals surface area contributed by atoms with Gasteiger partial charge < -0.3 is 20.7 Å². The highest BCUT2D eigenvalue weighted by Gasteiger charge is 2.44. The fourth-order valence-electron chi connectivity index (χ4n) is 2.54. The van der Waals surface area contributed by atoms with Gasteiger partial charge in [0.2, 0.25) is 0 Å². The first kappa shape index (κ1) is 17.1. The van der Waals surface area contributed by atoms with Crippen LogP contribution in [0.1, 0.15) is 19.6 Å². The summed E-state index contributed by atoms with van der Waals surface area (Å²) in [6, 6.07) is 0. The van der Waals surface area contributed by atoms with E-state index in [0.717, 1.165) is 12.2 Å². The molecular formula is C13H18IN5O3S. The van der Waals surface area contributed by atoms with Crippen LogP contribution in [0.5, 0.6) is 0 Å². The highest BCUT2D eigenvalue weighted by Crippen LogP contribution is 2.33. The van der Waals surface area contributed by atoms with Crippen LogP contribution in [0.25, 0.3) is 11.2 Å². The molecule has 0 amide bonds. The van der Waals surface area contributed by atoms with Crippen molar-refractivity contribution in [3.8, 4) is 0 Å². The Morgan fingerprint density at radius 1 is 1.39 bits per heavy atom. The average molecular weight is 451 g/mol. The molecule has 4 atom stereocenters. The van der Waals surface area contributed by atoms with E-state index in [9.17, 15) is 10.2 Å². The summed E-state index contributed by atoms with van der Waals surface area (Å²) in [6.07, 6.45) is -0.600. The van der Waals surface area contributed by atoms with E-state index in [1.165, 1.54) is 6.33 Å². The highest BCUT2D eigenvalue weighted by atomic mass is 127. The number of thioether (sulfide) groups is 1. The lowest BCUT2D eigenvalue weighted by Gasteiger charge is -2.16. The van der Waals surface area contributed by atoms with Gasteiger partial charge in [-0.3, -0.25) is 4.57 Å². The topological polar surface area (TPSA) is 119 Å². The molecule has 23 heavy (non-hydrogen) atoms.